The van der Waals surface area contributed by atoms with Crippen molar-refractivity contribution in [3.8, 4) is 0 Å². The number of rotatable bonds is 8. The van der Waals surface area contributed by atoms with Crippen LogP contribution < -0.4 is 0 Å². The second-order valence-corrected chi connectivity index (χ2v) is 11.4. The molecule has 1 amide bonds. The van der Waals surface area contributed by atoms with E-state index in [9.17, 15) is 37.1 Å². The minimum atomic E-state index is -5.04. The first-order chi connectivity index (χ1) is 18.7. The van der Waals surface area contributed by atoms with Gasteiger partial charge in [0, 0.05) is 0 Å². The Morgan fingerprint density at radius 1 is 1.15 bits per heavy atom. The molecule has 4 rings (SSSR count). The van der Waals surface area contributed by atoms with Crippen LogP contribution in [0.3, 0.4) is 0 Å². The zero-order chi connectivity index (χ0) is 29.5. The molecule has 2 fully saturated rings. The third kappa shape index (κ3) is 6.01. The van der Waals surface area contributed by atoms with Gasteiger partial charge in [-0.05, 0) is 57.6 Å². The van der Waals surface area contributed by atoms with Crippen LogP contribution in [0.1, 0.15) is 90.7 Å². The van der Waals surface area contributed by atoms with E-state index in [1.165, 1.54) is 19.1 Å². The molecule has 13 heteroatoms. The fraction of sp³-hybridized carbons (Fsp3) is 0.556. The van der Waals surface area contributed by atoms with Gasteiger partial charge in [0.1, 0.15) is 11.5 Å². The Morgan fingerprint density at radius 2 is 1.77 bits per heavy atom. The fourth-order valence-electron chi connectivity index (χ4n) is 5.67. The van der Waals surface area contributed by atoms with Crippen molar-refractivity contribution in [3.05, 3.63) is 52.1 Å². The van der Waals surface area contributed by atoms with Crippen molar-refractivity contribution in [2.24, 2.45) is 5.41 Å². The van der Waals surface area contributed by atoms with Crippen molar-refractivity contribution < 1.29 is 41.4 Å². The summed E-state index contributed by atoms with van der Waals surface area (Å²) in [4.78, 5) is 38.9. The van der Waals surface area contributed by atoms with Gasteiger partial charge in [0.2, 0.25) is 0 Å². The van der Waals surface area contributed by atoms with Gasteiger partial charge in [-0.15, -0.1) is 0 Å². The maximum atomic E-state index is 15.5. The lowest BCUT2D eigenvalue weighted by Crippen LogP contribution is -2.45. The van der Waals surface area contributed by atoms with Gasteiger partial charge in [0.15, 0.2) is 11.5 Å². The highest BCUT2D eigenvalue weighted by atomic mass is 35.5. The van der Waals surface area contributed by atoms with Crippen molar-refractivity contribution in [3.63, 3.8) is 0 Å². The van der Waals surface area contributed by atoms with Crippen LogP contribution in [0.5, 0.6) is 0 Å². The molecular formula is C27H29ClF5N3O4. The number of aromatic nitrogens is 2. The number of nitrogens with zero attached hydrogens (tertiary/aromatic N) is 3. The second kappa shape index (κ2) is 11.1. The molecule has 7 nitrogen and oxygen atoms in total. The zero-order valence-corrected chi connectivity index (χ0v) is 22.5. The topological polar surface area (TPSA) is 92.5 Å². The highest BCUT2D eigenvalue weighted by molar-refractivity contribution is 6.34. The van der Waals surface area contributed by atoms with Gasteiger partial charge in [0.05, 0.1) is 46.9 Å². The minimum absolute atomic E-state index is 0.0568. The van der Waals surface area contributed by atoms with Gasteiger partial charge < -0.3 is 10.0 Å². The van der Waals surface area contributed by atoms with Gasteiger partial charge in [-0.2, -0.15) is 18.3 Å². The van der Waals surface area contributed by atoms with E-state index in [0.29, 0.717) is 22.4 Å². The van der Waals surface area contributed by atoms with Gasteiger partial charge >= 0.3 is 12.1 Å². The maximum Gasteiger partial charge on any atom is 0.433 e. The number of Topliss-reactive ketones (excluding diaryl/α,β-unsaturated/α-hetero) is 1. The lowest BCUT2D eigenvalue weighted by Gasteiger charge is -2.34. The number of carbonyl (C=O) groups is 3. The number of hydrogen-bond donors (Lipinski definition) is 1. The molecule has 218 valence electrons. The molecule has 0 radical (unpaired) electrons. The summed E-state index contributed by atoms with van der Waals surface area (Å²) < 4.78 is 73.8. The molecule has 2 aromatic rings. The van der Waals surface area contributed by atoms with Gasteiger partial charge in [0.25, 0.3) is 5.91 Å². The molecule has 1 aromatic heterocycles. The molecular weight excluding hydrogens is 561 g/mol. The number of ketones is 1. The number of aliphatic carboxylic acids is 1. The average Bonchev–Trinajstić information content (AvgIpc) is 3.50. The summed E-state index contributed by atoms with van der Waals surface area (Å²) in [6.07, 6.45) is -2.77. The van der Waals surface area contributed by atoms with E-state index < -0.39 is 76.7 Å². The third-order valence-corrected chi connectivity index (χ3v) is 8.37. The van der Waals surface area contributed by atoms with Crippen LogP contribution in [-0.4, -0.2) is 56.2 Å². The number of carboxylic acids is 1. The van der Waals surface area contributed by atoms with E-state index in [2.05, 4.69) is 5.10 Å². The van der Waals surface area contributed by atoms with E-state index in [4.69, 9.17) is 11.6 Å². The van der Waals surface area contributed by atoms with Crippen molar-refractivity contribution >= 4 is 29.3 Å². The summed E-state index contributed by atoms with van der Waals surface area (Å²) in [6, 6.07) is 2.67. The second-order valence-electron chi connectivity index (χ2n) is 11.0. The molecule has 1 heterocycles. The fourth-order valence-corrected chi connectivity index (χ4v) is 5.94. The van der Waals surface area contributed by atoms with Crippen LogP contribution in [0.2, 0.25) is 5.02 Å². The number of amides is 1. The van der Waals surface area contributed by atoms with Gasteiger partial charge in [-0.25, -0.2) is 8.78 Å². The zero-order valence-electron chi connectivity index (χ0n) is 21.7. The van der Waals surface area contributed by atoms with Gasteiger partial charge in [-0.3, -0.25) is 19.1 Å². The first kappa shape index (κ1) is 30.0. The first-order valence-corrected chi connectivity index (χ1v) is 13.4. The Morgan fingerprint density at radius 3 is 2.33 bits per heavy atom. The molecule has 2 aliphatic carbocycles. The summed E-state index contributed by atoms with van der Waals surface area (Å²) in [5.41, 5.74) is -5.77. The van der Waals surface area contributed by atoms with Crippen molar-refractivity contribution in [1.82, 2.24) is 14.7 Å². The highest BCUT2D eigenvalue weighted by Crippen LogP contribution is 2.44. The molecule has 0 bridgehead atoms. The lowest BCUT2D eigenvalue weighted by molar-refractivity contribution is -0.152. The highest BCUT2D eigenvalue weighted by Gasteiger charge is 2.46. The van der Waals surface area contributed by atoms with Crippen LogP contribution in [0, 0.1) is 11.2 Å². The number of hydrogen-bond acceptors (Lipinski definition) is 4. The van der Waals surface area contributed by atoms with E-state index in [-0.39, 0.29) is 43.5 Å². The summed E-state index contributed by atoms with van der Waals surface area (Å²) in [5, 5.41) is 13.1. The standard InChI is InChI=1S/C27H29ClF5N3O4/c1-25(24(39)40)11-7-16(8-12-25)36-22(27(31,32)33)17(13-34-36)23(38)35(15-26(30)9-2-3-10-26)14-20(37)21-18(28)5-4-6-19(21)29/h4-6,13,16H,2-3,7-12,14-15H2,1H3,(H,39,40)/t16-,25-. The van der Waals surface area contributed by atoms with Crippen LogP contribution in [0.4, 0.5) is 22.0 Å². The molecule has 2 aliphatic rings. The van der Waals surface area contributed by atoms with E-state index in [0.717, 1.165) is 12.3 Å². The number of benzene rings is 1. The maximum absolute atomic E-state index is 15.5. The Hall–Kier alpha value is -3.02. The molecule has 0 unspecified atom stereocenters. The smallest absolute Gasteiger partial charge is 0.433 e. The average molecular weight is 590 g/mol. The number of carboxylic acid groups (broad SMARTS) is 1. The molecule has 1 aromatic carbocycles. The number of carbonyl (C=O) groups excluding carboxylic acids is 2. The Bertz CT molecular complexity index is 1280. The van der Waals surface area contributed by atoms with Crippen molar-refractivity contribution in [1.29, 1.82) is 0 Å². The molecule has 40 heavy (non-hydrogen) atoms. The first-order valence-electron chi connectivity index (χ1n) is 13.0. The Labute approximate surface area is 232 Å². The molecule has 1 N–H and O–H groups in total. The molecule has 0 spiro atoms. The quantitative estimate of drug-likeness (QED) is 0.280. The molecule has 0 aliphatic heterocycles. The number of halogens is 6. The SMILES string of the molecule is C[C@]1(C(=O)O)CC[C@H](n2ncc(C(=O)N(CC(=O)c3c(F)cccc3Cl)CC3(F)CCCC3)c2C(F)(F)F)CC1. The van der Waals surface area contributed by atoms with Gasteiger partial charge in [-0.1, -0.05) is 30.5 Å². The molecule has 0 saturated heterocycles. The summed E-state index contributed by atoms with van der Waals surface area (Å²) in [7, 11) is 0. The Kier molecular flexibility index (Phi) is 8.31. The van der Waals surface area contributed by atoms with E-state index >= 15 is 4.39 Å². The minimum Gasteiger partial charge on any atom is -0.481 e. The summed E-state index contributed by atoms with van der Waals surface area (Å²) in [6.45, 7) is -0.0264. The molecule has 0 atom stereocenters. The monoisotopic (exact) mass is 589 g/mol. The van der Waals surface area contributed by atoms with E-state index in [1.807, 2.05) is 0 Å². The lowest BCUT2D eigenvalue weighted by atomic mass is 9.74. The predicted octanol–water partition coefficient (Wildman–Crippen LogP) is 6.51. The largest absolute Gasteiger partial charge is 0.481 e. The predicted molar refractivity (Wildman–Crippen MR) is 134 cm³/mol. The third-order valence-electron chi connectivity index (χ3n) is 8.05. The summed E-state index contributed by atoms with van der Waals surface area (Å²) in [5.74, 6) is -4.27. The van der Waals surface area contributed by atoms with Crippen LogP contribution in [0.15, 0.2) is 24.4 Å². The van der Waals surface area contributed by atoms with E-state index in [1.54, 1.807) is 0 Å². The van der Waals surface area contributed by atoms with Crippen LogP contribution in [0.25, 0.3) is 0 Å². The summed E-state index contributed by atoms with van der Waals surface area (Å²) >= 11 is 5.98. The Balaban J connectivity index is 1.69. The number of alkyl halides is 4. The van der Waals surface area contributed by atoms with Crippen molar-refractivity contribution in [2.75, 3.05) is 13.1 Å². The van der Waals surface area contributed by atoms with Crippen LogP contribution in [-0.2, 0) is 11.0 Å². The molecule has 2 saturated carbocycles. The van der Waals surface area contributed by atoms with Crippen molar-refractivity contribution in [2.45, 2.75) is 76.2 Å². The van der Waals surface area contributed by atoms with Crippen LogP contribution >= 0.6 is 11.6 Å². The normalized spacial score (nSPS) is 22.7.